The quantitative estimate of drug-likeness (QED) is 0.459. The van der Waals surface area contributed by atoms with Gasteiger partial charge in [-0.05, 0) is 24.1 Å². The molecular weight excluding hydrogens is 198 g/mol. The predicted octanol–water partition coefficient (Wildman–Crippen LogP) is 1.89. The maximum absolute atomic E-state index is 5.52. The van der Waals surface area contributed by atoms with Gasteiger partial charge in [0.15, 0.2) is 0 Å². The van der Waals surface area contributed by atoms with Gasteiger partial charge in [0.25, 0.3) is 0 Å². The molecule has 0 amide bonds. The molecule has 2 N–H and O–H groups in total. The summed E-state index contributed by atoms with van der Waals surface area (Å²) in [7, 11) is 0. The van der Waals surface area contributed by atoms with E-state index in [4.69, 9.17) is 11.6 Å². The first-order chi connectivity index (χ1) is 6.90. The number of nitrogens with zero attached hydrogens (tertiary/aromatic N) is 1. The summed E-state index contributed by atoms with van der Waals surface area (Å²) in [6.45, 7) is 0.906. The molecule has 3 nitrogen and oxygen atoms in total. The molecule has 14 heavy (non-hydrogen) atoms. The van der Waals surface area contributed by atoms with Crippen molar-refractivity contribution in [3.63, 3.8) is 0 Å². The van der Waals surface area contributed by atoms with Gasteiger partial charge in [-0.3, -0.25) is 0 Å². The Balaban J connectivity index is 2.10. The highest BCUT2D eigenvalue weighted by molar-refractivity contribution is 6.17. The Morgan fingerprint density at radius 3 is 3.21 bits per heavy atom. The third-order valence-electron chi connectivity index (χ3n) is 2.17. The van der Waals surface area contributed by atoms with Crippen molar-refractivity contribution in [2.45, 2.75) is 6.42 Å². The van der Waals surface area contributed by atoms with E-state index in [-0.39, 0.29) is 0 Å². The topological polar surface area (TPSA) is 40.7 Å². The van der Waals surface area contributed by atoms with E-state index in [2.05, 4.69) is 27.4 Å². The molecule has 2 aromatic rings. The fraction of sp³-hybridized carbons (Fsp3) is 0.300. The SMILES string of the molecule is ClCNCCc1ccc2nc[nH]c2c1. The zero-order valence-corrected chi connectivity index (χ0v) is 8.51. The summed E-state index contributed by atoms with van der Waals surface area (Å²) < 4.78 is 0. The normalized spacial score (nSPS) is 10.9. The molecule has 1 aromatic heterocycles. The highest BCUT2D eigenvalue weighted by Crippen LogP contribution is 2.11. The van der Waals surface area contributed by atoms with Crippen LogP contribution in [-0.2, 0) is 6.42 Å². The second-order valence-corrected chi connectivity index (χ2v) is 3.40. The lowest BCUT2D eigenvalue weighted by Gasteiger charge is -2.01. The minimum Gasteiger partial charge on any atom is -0.345 e. The number of imidazole rings is 1. The molecule has 2 rings (SSSR count). The van der Waals surface area contributed by atoms with E-state index in [1.54, 1.807) is 6.33 Å². The van der Waals surface area contributed by atoms with Gasteiger partial charge in [-0.15, -0.1) is 11.6 Å². The van der Waals surface area contributed by atoms with Crippen molar-refractivity contribution in [1.29, 1.82) is 0 Å². The number of aromatic amines is 1. The number of rotatable bonds is 4. The summed E-state index contributed by atoms with van der Waals surface area (Å²) in [6.07, 6.45) is 2.70. The molecule has 0 fully saturated rings. The molecule has 0 aliphatic heterocycles. The monoisotopic (exact) mass is 209 g/mol. The average molecular weight is 210 g/mol. The van der Waals surface area contributed by atoms with Crippen molar-refractivity contribution in [3.05, 3.63) is 30.1 Å². The van der Waals surface area contributed by atoms with Crippen LogP contribution in [0.2, 0.25) is 0 Å². The molecule has 0 saturated heterocycles. The molecule has 0 unspecified atom stereocenters. The highest BCUT2D eigenvalue weighted by Gasteiger charge is 1.97. The van der Waals surface area contributed by atoms with Gasteiger partial charge in [0.1, 0.15) is 0 Å². The Labute approximate surface area is 87.5 Å². The van der Waals surface area contributed by atoms with Crippen LogP contribution in [0.1, 0.15) is 5.56 Å². The predicted molar refractivity (Wildman–Crippen MR) is 58.5 cm³/mol. The minimum absolute atomic E-state index is 0.506. The van der Waals surface area contributed by atoms with E-state index in [0.29, 0.717) is 6.00 Å². The first-order valence-corrected chi connectivity index (χ1v) is 5.12. The van der Waals surface area contributed by atoms with Crippen LogP contribution in [0.15, 0.2) is 24.5 Å². The van der Waals surface area contributed by atoms with Gasteiger partial charge in [0.2, 0.25) is 0 Å². The number of alkyl halides is 1. The zero-order chi connectivity index (χ0) is 9.80. The molecule has 0 bridgehead atoms. The van der Waals surface area contributed by atoms with Gasteiger partial charge in [0, 0.05) is 6.54 Å². The summed E-state index contributed by atoms with van der Waals surface area (Å²) >= 11 is 5.52. The number of nitrogens with one attached hydrogen (secondary N) is 2. The van der Waals surface area contributed by atoms with E-state index in [9.17, 15) is 0 Å². The molecule has 0 saturated carbocycles. The molecule has 0 aliphatic rings. The second-order valence-electron chi connectivity index (χ2n) is 3.14. The number of hydrogen-bond acceptors (Lipinski definition) is 2. The number of fused-ring (bicyclic) bond motifs is 1. The summed E-state index contributed by atoms with van der Waals surface area (Å²) in [6, 6.07) is 6.76. The van der Waals surface area contributed by atoms with E-state index >= 15 is 0 Å². The second kappa shape index (κ2) is 4.44. The standard InChI is InChI=1S/C10H12ClN3/c11-6-12-4-3-8-1-2-9-10(5-8)14-7-13-9/h1-2,5,7,12H,3-4,6H2,(H,13,14). The lowest BCUT2D eigenvalue weighted by molar-refractivity contribution is 0.771. The van der Waals surface area contributed by atoms with E-state index < -0.39 is 0 Å². The molecule has 0 aliphatic carbocycles. The minimum atomic E-state index is 0.506. The van der Waals surface area contributed by atoms with Crippen molar-refractivity contribution in [2.75, 3.05) is 12.5 Å². The van der Waals surface area contributed by atoms with Crippen LogP contribution in [0.25, 0.3) is 11.0 Å². The molecule has 0 radical (unpaired) electrons. The van der Waals surface area contributed by atoms with Crippen molar-refractivity contribution in [1.82, 2.24) is 15.3 Å². The Kier molecular flexibility index (Phi) is 3.01. The maximum atomic E-state index is 5.52. The smallest absolute Gasteiger partial charge is 0.0931 e. The third kappa shape index (κ3) is 2.05. The van der Waals surface area contributed by atoms with Crippen LogP contribution >= 0.6 is 11.6 Å². The highest BCUT2D eigenvalue weighted by atomic mass is 35.5. The van der Waals surface area contributed by atoms with Crippen molar-refractivity contribution in [3.8, 4) is 0 Å². The molecule has 1 aromatic carbocycles. The van der Waals surface area contributed by atoms with Crippen molar-refractivity contribution in [2.24, 2.45) is 0 Å². The third-order valence-corrected chi connectivity index (χ3v) is 2.36. The van der Waals surface area contributed by atoms with Gasteiger partial charge in [0.05, 0.1) is 23.4 Å². The van der Waals surface area contributed by atoms with Gasteiger partial charge >= 0.3 is 0 Å². The fourth-order valence-electron chi connectivity index (χ4n) is 1.44. The molecule has 0 atom stereocenters. The van der Waals surface area contributed by atoms with Crippen molar-refractivity contribution < 1.29 is 0 Å². The first kappa shape index (κ1) is 9.49. The van der Waals surface area contributed by atoms with Gasteiger partial charge in [-0.1, -0.05) is 6.07 Å². The summed E-state index contributed by atoms with van der Waals surface area (Å²) in [5.74, 6) is 0. The number of halogens is 1. The Hall–Kier alpha value is -1.06. The van der Waals surface area contributed by atoms with Gasteiger partial charge in [-0.2, -0.15) is 0 Å². The Morgan fingerprint density at radius 1 is 1.43 bits per heavy atom. The van der Waals surface area contributed by atoms with E-state index in [1.807, 2.05) is 6.07 Å². The van der Waals surface area contributed by atoms with Crippen LogP contribution in [0.5, 0.6) is 0 Å². The number of H-pyrrole nitrogens is 1. The molecule has 0 spiro atoms. The molecular formula is C10H12ClN3. The summed E-state index contributed by atoms with van der Waals surface area (Å²) in [5.41, 5.74) is 3.40. The first-order valence-electron chi connectivity index (χ1n) is 4.59. The van der Waals surface area contributed by atoms with Gasteiger partial charge < -0.3 is 10.3 Å². The van der Waals surface area contributed by atoms with Crippen LogP contribution in [0.3, 0.4) is 0 Å². The summed E-state index contributed by atoms with van der Waals surface area (Å²) in [4.78, 5) is 7.26. The van der Waals surface area contributed by atoms with Crippen LogP contribution in [0.4, 0.5) is 0 Å². The largest absolute Gasteiger partial charge is 0.345 e. The molecule has 1 heterocycles. The Bertz CT molecular complexity index is 410. The molecule has 74 valence electrons. The average Bonchev–Trinajstić information content (AvgIpc) is 2.65. The lowest BCUT2D eigenvalue weighted by Crippen LogP contribution is -2.14. The lowest BCUT2D eigenvalue weighted by atomic mass is 10.1. The Morgan fingerprint density at radius 2 is 2.36 bits per heavy atom. The number of aromatic nitrogens is 2. The van der Waals surface area contributed by atoms with E-state index in [1.165, 1.54) is 5.56 Å². The fourth-order valence-corrected chi connectivity index (χ4v) is 1.57. The maximum Gasteiger partial charge on any atom is 0.0931 e. The van der Waals surface area contributed by atoms with Crippen LogP contribution in [0, 0.1) is 0 Å². The van der Waals surface area contributed by atoms with Crippen molar-refractivity contribution >= 4 is 22.6 Å². The van der Waals surface area contributed by atoms with Crippen LogP contribution in [-0.4, -0.2) is 22.5 Å². The number of benzene rings is 1. The molecule has 4 heteroatoms. The summed E-state index contributed by atoms with van der Waals surface area (Å²) in [5, 5.41) is 3.08. The van der Waals surface area contributed by atoms with E-state index in [0.717, 1.165) is 24.0 Å². The van der Waals surface area contributed by atoms with Gasteiger partial charge in [-0.25, -0.2) is 4.98 Å². The zero-order valence-electron chi connectivity index (χ0n) is 7.76. The van der Waals surface area contributed by atoms with Crippen LogP contribution < -0.4 is 5.32 Å². The number of hydrogen-bond donors (Lipinski definition) is 2.